The molecule has 2 aromatic heterocycles. The van der Waals surface area contributed by atoms with Crippen molar-refractivity contribution in [1.82, 2.24) is 4.98 Å². The van der Waals surface area contributed by atoms with Crippen LogP contribution in [0.1, 0.15) is 19.4 Å². The molecule has 0 radical (unpaired) electrons. The summed E-state index contributed by atoms with van der Waals surface area (Å²) < 4.78 is 17.0. The number of furan rings is 1. The van der Waals surface area contributed by atoms with Gasteiger partial charge in [0.25, 0.3) is 0 Å². The molecule has 0 aliphatic carbocycles. The smallest absolute Gasteiger partial charge is 0.230 e. The summed E-state index contributed by atoms with van der Waals surface area (Å²) in [4.78, 5) is 4.63. The lowest BCUT2D eigenvalue weighted by Gasteiger charge is -2.28. The summed E-state index contributed by atoms with van der Waals surface area (Å²) in [5.41, 5.74) is 2.06. The van der Waals surface area contributed by atoms with Crippen molar-refractivity contribution in [2.45, 2.75) is 19.4 Å². The standard InChI is InChI=1S/C17H15NO3/c1-17(2)8-6-10-13(21-17)5-4-11-14(10)18-16-12(7-9-20-16)15(11)19-3/h4-9H,1-3H3. The van der Waals surface area contributed by atoms with Gasteiger partial charge in [0.2, 0.25) is 5.71 Å². The van der Waals surface area contributed by atoms with Crippen molar-refractivity contribution in [3.63, 3.8) is 0 Å². The summed E-state index contributed by atoms with van der Waals surface area (Å²) in [5, 5.41) is 1.84. The van der Waals surface area contributed by atoms with Gasteiger partial charge in [0.15, 0.2) is 0 Å². The molecule has 3 aromatic rings. The van der Waals surface area contributed by atoms with Crippen molar-refractivity contribution in [1.29, 1.82) is 0 Å². The Balaban J connectivity index is 2.11. The summed E-state index contributed by atoms with van der Waals surface area (Å²) >= 11 is 0. The molecule has 106 valence electrons. The van der Waals surface area contributed by atoms with Crippen molar-refractivity contribution in [2.24, 2.45) is 0 Å². The van der Waals surface area contributed by atoms with Crippen LogP contribution in [0, 0.1) is 0 Å². The monoisotopic (exact) mass is 281 g/mol. The first-order valence-corrected chi connectivity index (χ1v) is 6.85. The molecular formula is C17H15NO3. The van der Waals surface area contributed by atoms with Gasteiger partial charge in [-0.05, 0) is 44.2 Å². The molecule has 0 saturated heterocycles. The van der Waals surface area contributed by atoms with Gasteiger partial charge < -0.3 is 13.9 Å². The predicted molar refractivity (Wildman–Crippen MR) is 81.8 cm³/mol. The maximum absolute atomic E-state index is 6.00. The third-order valence-electron chi connectivity index (χ3n) is 3.75. The van der Waals surface area contributed by atoms with Crippen LogP contribution in [0.5, 0.6) is 11.5 Å². The molecule has 0 spiro atoms. The van der Waals surface area contributed by atoms with E-state index < -0.39 is 0 Å². The van der Waals surface area contributed by atoms with Crippen LogP contribution < -0.4 is 9.47 Å². The fourth-order valence-corrected chi connectivity index (χ4v) is 2.77. The highest BCUT2D eigenvalue weighted by Crippen LogP contribution is 2.40. The van der Waals surface area contributed by atoms with Gasteiger partial charge in [0.1, 0.15) is 17.1 Å². The van der Waals surface area contributed by atoms with E-state index in [9.17, 15) is 0 Å². The van der Waals surface area contributed by atoms with Crippen LogP contribution in [-0.2, 0) is 0 Å². The van der Waals surface area contributed by atoms with Gasteiger partial charge in [0, 0.05) is 10.9 Å². The highest BCUT2D eigenvalue weighted by atomic mass is 16.5. The highest BCUT2D eigenvalue weighted by molar-refractivity contribution is 6.03. The average Bonchev–Trinajstić information content (AvgIpc) is 2.91. The normalized spacial score (nSPS) is 16.0. The number of benzene rings is 1. The first kappa shape index (κ1) is 12.3. The van der Waals surface area contributed by atoms with E-state index in [-0.39, 0.29) is 5.60 Å². The van der Waals surface area contributed by atoms with E-state index in [2.05, 4.69) is 11.1 Å². The summed E-state index contributed by atoms with van der Waals surface area (Å²) in [6.07, 6.45) is 5.72. The highest BCUT2D eigenvalue weighted by Gasteiger charge is 2.24. The number of hydrogen-bond donors (Lipinski definition) is 0. The second-order valence-electron chi connectivity index (χ2n) is 5.70. The van der Waals surface area contributed by atoms with Gasteiger partial charge in [-0.25, -0.2) is 4.98 Å². The Morgan fingerprint density at radius 2 is 2.00 bits per heavy atom. The van der Waals surface area contributed by atoms with Crippen molar-refractivity contribution >= 4 is 28.1 Å². The molecule has 1 aliphatic rings. The van der Waals surface area contributed by atoms with Gasteiger partial charge >= 0.3 is 0 Å². The Bertz CT molecular complexity index is 890. The quantitative estimate of drug-likeness (QED) is 0.671. The number of nitrogens with zero attached hydrogens (tertiary/aromatic N) is 1. The second kappa shape index (κ2) is 4.01. The third kappa shape index (κ3) is 1.72. The number of ether oxygens (including phenoxy) is 2. The Morgan fingerprint density at radius 3 is 2.81 bits per heavy atom. The average molecular weight is 281 g/mol. The van der Waals surface area contributed by atoms with Crippen molar-refractivity contribution in [3.8, 4) is 11.5 Å². The minimum absolute atomic E-state index is 0.306. The van der Waals surface area contributed by atoms with E-state index in [1.165, 1.54) is 0 Å². The molecular weight excluding hydrogens is 266 g/mol. The maximum Gasteiger partial charge on any atom is 0.230 e. The lowest BCUT2D eigenvalue weighted by molar-refractivity contribution is 0.159. The first-order valence-electron chi connectivity index (χ1n) is 6.85. The minimum Gasteiger partial charge on any atom is -0.495 e. The first-order chi connectivity index (χ1) is 10.1. The van der Waals surface area contributed by atoms with Crippen molar-refractivity contribution in [3.05, 3.63) is 36.1 Å². The van der Waals surface area contributed by atoms with Crippen LogP contribution in [0.2, 0.25) is 0 Å². The third-order valence-corrected chi connectivity index (χ3v) is 3.75. The second-order valence-corrected chi connectivity index (χ2v) is 5.70. The SMILES string of the molecule is COc1c2ccoc2nc2c3c(ccc12)OC(C)(C)C=C3. The zero-order chi connectivity index (χ0) is 14.6. The van der Waals surface area contributed by atoms with E-state index >= 15 is 0 Å². The van der Waals surface area contributed by atoms with E-state index in [1.807, 2.05) is 38.1 Å². The summed E-state index contributed by atoms with van der Waals surface area (Å²) in [6.45, 7) is 4.06. The van der Waals surface area contributed by atoms with Gasteiger partial charge in [0.05, 0.1) is 24.3 Å². The van der Waals surface area contributed by atoms with Crippen LogP contribution in [0.4, 0.5) is 0 Å². The topological polar surface area (TPSA) is 44.5 Å². The van der Waals surface area contributed by atoms with E-state index in [0.29, 0.717) is 5.71 Å². The number of hydrogen-bond acceptors (Lipinski definition) is 4. The molecule has 4 nitrogen and oxygen atoms in total. The number of fused-ring (bicyclic) bond motifs is 4. The van der Waals surface area contributed by atoms with Gasteiger partial charge in [-0.1, -0.05) is 0 Å². The zero-order valence-electron chi connectivity index (χ0n) is 12.1. The number of methoxy groups -OCH3 is 1. The fourth-order valence-electron chi connectivity index (χ4n) is 2.77. The molecule has 0 atom stereocenters. The van der Waals surface area contributed by atoms with Gasteiger partial charge in [-0.15, -0.1) is 0 Å². The Labute approximate surface area is 122 Å². The van der Waals surface area contributed by atoms with Crippen LogP contribution >= 0.6 is 0 Å². The molecule has 21 heavy (non-hydrogen) atoms. The number of rotatable bonds is 1. The molecule has 0 N–H and O–H groups in total. The molecule has 0 saturated carbocycles. The molecule has 0 unspecified atom stereocenters. The Kier molecular flexibility index (Phi) is 2.34. The van der Waals surface area contributed by atoms with Crippen LogP contribution in [-0.4, -0.2) is 17.7 Å². The van der Waals surface area contributed by atoms with Gasteiger partial charge in [-0.3, -0.25) is 0 Å². The molecule has 1 aliphatic heterocycles. The van der Waals surface area contributed by atoms with Crippen molar-refractivity contribution in [2.75, 3.05) is 7.11 Å². The zero-order valence-corrected chi connectivity index (χ0v) is 12.1. The molecule has 4 rings (SSSR count). The molecule has 0 fully saturated rings. The molecule has 0 bridgehead atoms. The molecule has 4 heteroatoms. The maximum atomic E-state index is 6.00. The van der Waals surface area contributed by atoms with Crippen LogP contribution in [0.3, 0.4) is 0 Å². The molecule has 3 heterocycles. The number of pyridine rings is 1. The predicted octanol–water partition coefficient (Wildman–Crippen LogP) is 4.17. The van der Waals surface area contributed by atoms with Crippen molar-refractivity contribution < 1.29 is 13.9 Å². The van der Waals surface area contributed by atoms with Crippen LogP contribution in [0.25, 0.3) is 28.1 Å². The largest absolute Gasteiger partial charge is 0.495 e. The fraction of sp³-hybridized carbons (Fsp3) is 0.235. The van der Waals surface area contributed by atoms with Crippen LogP contribution in [0.15, 0.2) is 35.0 Å². The molecule has 1 aromatic carbocycles. The van der Waals surface area contributed by atoms with Gasteiger partial charge in [-0.2, -0.15) is 0 Å². The summed E-state index contributed by atoms with van der Waals surface area (Å²) in [5.74, 6) is 1.61. The summed E-state index contributed by atoms with van der Waals surface area (Å²) in [7, 11) is 1.66. The summed E-state index contributed by atoms with van der Waals surface area (Å²) in [6, 6.07) is 5.83. The van der Waals surface area contributed by atoms with E-state index in [0.717, 1.165) is 33.4 Å². The molecule has 0 amide bonds. The Morgan fingerprint density at radius 1 is 1.14 bits per heavy atom. The Hall–Kier alpha value is -2.49. The van der Waals surface area contributed by atoms with E-state index in [4.69, 9.17) is 13.9 Å². The number of aromatic nitrogens is 1. The lowest BCUT2D eigenvalue weighted by Crippen LogP contribution is -2.27. The van der Waals surface area contributed by atoms with E-state index in [1.54, 1.807) is 13.4 Å². The lowest BCUT2D eigenvalue weighted by atomic mass is 9.99. The minimum atomic E-state index is -0.306.